The third-order valence-electron chi connectivity index (χ3n) is 3.53. The van der Waals surface area contributed by atoms with E-state index in [4.69, 9.17) is 0 Å². The molecule has 0 fully saturated rings. The van der Waals surface area contributed by atoms with Crippen molar-refractivity contribution in [3.63, 3.8) is 0 Å². The summed E-state index contributed by atoms with van der Waals surface area (Å²) in [6.07, 6.45) is 2.96. The SMILES string of the molecule is CC(C)CNC(=O)c1cncc(C(=O)N(C)Cc2ccccc2)c1. The number of pyridine rings is 1. The van der Waals surface area contributed by atoms with Crippen molar-refractivity contribution in [2.75, 3.05) is 13.6 Å². The summed E-state index contributed by atoms with van der Waals surface area (Å²) in [4.78, 5) is 30.3. The Hall–Kier alpha value is -2.69. The van der Waals surface area contributed by atoms with E-state index in [0.717, 1.165) is 5.56 Å². The summed E-state index contributed by atoms with van der Waals surface area (Å²) < 4.78 is 0. The monoisotopic (exact) mass is 325 g/mol. The number of nitrogens with zero attached hydrogens (tertiary/aromatic N) is 2. The van der Waals surface area contributed by atoms with E-state index in [1.54, 1.807) is 18.0 Å². The Kier molecular flexibility index (Phi) is 6.07. The van der Waals surface area contributed by atoms with Gasteiger partial charge < -0.3 is 10.2 Å². The topological polar surface area (TPSA) is 62.3 Å². The van der Waals surface area contributed by atoms with Gasteiger partial charge in [0.2, 0.25) is 0 Å². The van der Waals surface area contributed by atoms with Crippen LogP contribution >= 0.6 is 0 Å². The Morgan fingerprint density at radius 3 is 2.46 bits per heavy atom. The van der Waals surface area contributed by atoms with Crippen molar-refractivity contribution < 1.29 is 9.59 Å². The van der Waals surface area contributed by atoms with Gasteiger partial charge in [-0.2, -0.15) is 0 Å². The van der Waals surface area contributed by atoms with Crippen LogP contribution in [-0.4, -0.2) is 35.3 Å². The molecule has 2 rings (SSSR count). The molecule has 0 atom stereocenters. The summed E-state index contributed by atoms with van der Waals surface area (Å²) in [5, 5.41) is 2.83. The van der Waals surface area contributed by atoms with Crippen molar-refractivity contribution in [1.29, 1.82) is 0 Å². The maximum absolute atomic E-state index is 12.5. The molecule has 0 aliphatic carbocycles. The van der Waals surface area contributed by atoms with Crippen LogP contribution in [-0.2, 0) is 6.54 Å². The van der Waals surface area contributed by atoms with Gasteiger partial charge in [-0.3, -0.25) is 14.6 Å². The van der Waals surface area contributed by atoms with Gasteiger partial charge >= 0.3 is 0 Å². The van der Waals surface area contributed by atoms with Crippen LogP contribution in [0.2, 0.25) is 0 Å². The van der Waals surface area contributed by atoms with Gasteiger partial charge in [-0.25, -0.2) is 0 Å². The molecule has 0 aliphatic heterocycles. The number of hydrogen-bond donors (Lipinski definition) is 1. The fourth-order valence-electron chi connectivity index (χ4n) is 2.23. The second kappa shape index (κ2) is 8.24. The van der Waals surface area contributed by atoms with E-state index in [-0.39, 0.29) is 11.8 Å². The van der Waals surface area contributed by atoms with E-state index in [2.05, 4.69) is 10.3 Å². The molecule has 1 aromatic carbocycles. The van der Waals surface area contributed by atoms with Crippen LogP contribution < -0.4 is 5.32 Å². The normalized spacial score (nSPS) is 10.5. The summed E-state index contributed by atoms with van der Waals surface area (Å²) in [5.41, 5.74) is 1.85. The van der Waals surface area contributed by atoms with Crippen LogP contribution in [0.5, 0.6) is 0 Å². The van der Waals surface area contributed by atoms with E-state index in [9.17, 15) is 9.59 Å². The van der Waals surface area contributed by atoms with Crippen molar-refractivity contribution in [3.8, 4) is 0 Å². The van der Waals surface area contributed by atoms with Crippen LogP contribution in [0, 0.1) is 5.92 Å². The number of hydrogen-bond acceptors (Lipinski definition) is 3. The second-order valence-corrected chi connectivity index (χ2v) is 6.21. The zero-order valence-corrected chi connectivity index (χ0v) is 14.3. The zero-order valence-electron chi connectivity index (χ0n) is 14.3. The third-order valence-corrected chi connectivity index (χ3v) is 3.53. The third kappa shape index (κ3) is 4.91. The lowest BCUT2D eigenvalue weighted by atomic mass is 10.1. The van der Waals surface area contributed by atoms with Crippen LogP contribution in [0.4, 0.5) is 0 Å². The van der Waals surface area contributed by atoms with E-state index < -0.39 is 0 Å². The molecule has 24 heavy (non-hydrogen) atoms. The number of benzene rings is 1. The van der Waals surface area contributed by atoms with E-state index in [1.807, 2.05) is 44.2 Å². The van der Waals surface area contributed by atoms with E-state index in [1.165, 1.54) is 12.4 Å². The van der Waals surface area contributed by atoms with Gasteiger partial charge in [-0.15, -0.1) is 0 Å². The number of amides is 2. The molecular formula is C19H23N3O2. The van der Waals surface area contributed by atoms with Gasteiger partial charge in [0.15, 0.2) is 0 Å². The van der Waals surface area contributed by atoms with Crippen LogP contribution in [0.3, 0.4) is 0 Å². The van der Waals surface area contributed by atoms with Crippen LogP contribution in [0.15, 0.2) is 48.8 Å². The fraction of sp³-hybridized carbons (Fsp3) is 0.316. The van der Waals surface area contributed by atoms with Gasteiger partial charge in [-0.1, -0.05) is 44.2 Å². The molecule has 0 radical (unpaired) electrons. The summed E-state index contributed by atoms with van der Waals surface area (Å²) in [7, 11) is 1.74. The molecule has 0 unspecified atom stereocenters. The molecule has 5 heteroatoms. The molecule has 2 amide bonds. The van der Waals surface area contributed by atoms with Crippen molar-refractivity contribution in [1.82, 2.24) is 15.2 Å². The molecule has 0 spiro atoms. The van der Waals surface area contributed by atoms with Crippen LogP contribution in [0.25, 0.3) is 0 Å². The first-order chi connectivity index (χ1) is 11.5. The van der Waals surface area contributed by atoms with Crippen molar-refractivity contribution >= 4 is 11.8 Å². The lowest BCUT2D eigenvalue weighted by Crippen LogP contribution is -2.29. The first-order valence-electron chi connectivity index (χ1n) is 8.00. The average molecular weight is 325 g/mol. The maximum atomic E-state index is 12.5. The summed E-state index contributed by atoms with van der Waals surface area (Å²) in [6, 6.07) is 11.3. The Balaban J connectivity index is 2.06. The fourth-order valence-corrected chi connectivity index (χ4v) is 2.23. The Labute approximate surface area is 142 Å². The van der Waals surface area contributed by atoms with Gasteiger partial charge in [-0.05, 0) is 17.5 Å². The molecule has 1 heterocycles. The summed E-state index contributed by atoms with van der Waals surface area (Å²) in [5.74, 6) is -0.00912. The molecule has 126 valence electrons. The first kappa shape index (κ1) is 17.7. The van der Waals surface area contributed by atoms with Gasteiger partial charge in [0.1, 0.15) is 0 Å². The summed E-state index contributed by atoms with van der Waals surface area (Å²) in [6.45, 7) is 5.14. The predicted octanol–water partition coefficient (Wildman–Crippen LogP) is 2.74. The van der Waals surface area contributed by atoms with Crippen molar-refractivity contribution in [2.24, 2.45) is 5.92 Å². The molecule has 2 aromatic rings. The standard InChI is InChI=1S/C19H23N3O2/c1-14(2)10-21-18(23)16-9-17(12-20-11-16)19(24)22(3)13-15-7-5-4-6-8-15/h4-9,11-12,14H,10,13H2,1-3H3,(H,21,23). The summed E-state index contributed by atoms with van der Waals surface area (Å²) >= 11 is 0. The number of rotatable bonds is 6. The Morgan fingerprint density at radius 2 is 1.79 bits per heavy atom. The number of nitrogens with one attached hydrogen (secondary N) is 1. The average Bonchev–Trinajstić information content (AvgIpc) is 2.60. The molecule has 0 saturated carbocycles. The predicted molar refractivity (Wildman–Crippen MR) is 93.6 cm³/mol. The Morgan fingerprint density at radius 1 is 1.12 bits per heavy atom. The minimum absolute atomic E-state index is 0.162. The molecule has 0 saturated heterocycles. The quantitative estimate of drug-likeness (QED) is 0.888. The van der Waals surface area contributed by atoms with E-state index in [0.29, 0.717) is 30.1 Å². The van der Waals surface area contributed by atoms with Crippen LogP contribution in [0.1, 0.15) is 40.1 Å². The maximum Gasteiger partial charge on any atom is 0.255 e. The lowest BCUT2D eigenvalue weighted by Gasteiger charge is -2.17. The molecule has 1 N–H and O–H groups in total. The molecular weight excluding hydrogens is 302 g/mol. The molecule has 0 bridgehead atoms. The number of carbonyl (C=O) groups is 2. The smallest absolute Gasteiger partial charge is 0.255 e. The largest absolute Gasteiger partial charge is 0.352 e. The molecule has 1 aromatic heterocycles. The highest BCUT2D eigenvalue weighted by atomic mass is 16.2. The lowest BCUT2D eigenvalue weighted by molar-refractivity contribution is 0.0784. The van der Waals surface area contributed by atoms with Crippen molar-refractivity contribution in [3.05, 3.63) is 65.5 Å². The van der Waals surface area contributed by atoms with Gasteiger partial charge in [0.25, 0.3) is 11.8 Å². The second-order valence-electron chi connectivity index (χ2n) is 6.21. The number of carbonyl (C=O) groups excluding carboxylic acids is 2. The molecule has 5 nitrogen and oxygen atoms in total. The molecule has 0 aliphatic rings. The first-order valence-corrected chi connectivity index (χ1v) is 8.00. The Bertz CT molecular complexity index is 699. The highest BCUT2D eigenvalue weighted by Gasteiger charge is 2.15. The van der Waals surface area contributed by atoms with Gasteiger partial charge in [0, 0.05) is 32.5 Å². The van der Waals surface area contributed by atoms with E-state index >= 15 is 0 Å². The van der Waals surface area contributed by atoms with Gasteiger partial charge in [0.05, 0.1) is 11.1 Å². The minimum atomic E-state index is -0.212. The highest BCUT2D eigenvalue weighted by Crippen LogP contribution is 2.09. The van der Waals surface area contributed by atoms with Crippen molar-refractivity contribution in [2.45, 2.75) is 20.4 Å². The number of aromatic nitrogens is 1. The minimum Gasteiger partial charge on any atom is -0.352 e. The zero-order chi connectivity index (χ0) is 17.5. The highest BCUT2D eigenvalue weighted by molar-refractivity contribution is 5.99.